The van der Waals surface area contributed by atoms with E-state index in [1.807, 2.05) is 18.2 Å². The largest absolute Gasteiger partial charge is 0.496 e. The minimum atomic E-state index is -1.83. The molecule has 1 aromatic carbocycles. The molecular formula is C26H29N3O7S. The number of aliphatic carboxylic acids is 1. The Morgan fingerprint density at radius 1 is 1.30 bits per heavy atom. The summed E-state index contributed by atoms with van der Waals surface area (Å²) < 4.78 is 19.7. The highest BCUT2D eigenvalue weighted by molar-refractivity contribution is 7.19. The van der Waals surface area contributed by atoms with Gasteiger partial charge in [-0.2, -0.15) is 5.26 Å². The average Bonchev–Trinajstić information content (AvgIpc) is 3.22. The summed E-state index contributed by atoms with van der Waals surface area (Å²) >= 11 is 1.03. The van der Waals surface area contributed by atoms with Crippen LogP contribution in [0.1, 0.15) is 48.8 Å². The van der Waals surface area contributed by atoms with Crippen molar-refractivity contribution >= 4 is 27.5 Å². The molecule has 0 spiro atoms. The van der Waals surface area contributed by atoms with Crippen LogP contribution in [0.3, 0.4) is 0 Å². The number of aromatic nitrogens is 2. The van der Waals surface area contributed by atoms with E-state index < -0.39 is 28.9 Å². The number of aryl methyl sites for hydroxylation is 1. The molecule has 1 atom stereocenters. The van der Waals surface area contributed by atoms with Crippen molar-refractivity contribution in [2.75, 3.05) is 20.3 Å². The summed E-state index contributed by atoms with van der Waals surface area (Å²) in [6, 6.07) is 9.40. The molecule has 10 nitrogen and oxygen atoms in total. The summed E-state index contributed by atoms with van der Waals surface area (Å²) in [4.78, 5) is 40.0. The number of carboxylic acids is 1. The number of hydrogen-bond acceptors (Lipinski definition) is 8. The number of methoxy groups -OCH3 is 1. The molecule has 3 heterocycles. The van der Waals surface area contributed by atoms with Crippen molar-refractivity contribution in [2.45, 2.75) is 57.9 Å². The van der Waals surface area contributed by atoms with E-state index in [0.717, 1.165) is 15.9 Å². The first-order valence-electron chi connectivity index (χ1n) is 11.9. The number of ether oxygens (including phenoxy) is 3. The van der Waals surface area contributed by atoms with Gasteiger partial charge in [-0.25, -0.2) is 14.2 Å². The van der Waals surface area contributed by atoms with Crippen molar-refractivity contribution in [3.05, 3.63) is 61.1 Å². The van der Waals surface area contributed by atoms with Crippen molar-refractivity contribution in [1.82, 2.24) is 9.13 Å². The smallest absolute Gasteiger partial charge is 0.333 e. The lowest BCUT2D eigenvalue weighted by molar-refractivity contribution is -0.146. The fraction of sp³-hybridized carbons (Fsp3) is 0.462. The maximum atomic E-state index is 13.9. The molecule has 0 amide bonds. The topological polar surface area (TPSA) is 133 Å². The maximum Gasteiger partial charge on any atom is 0.333 e. The van der Waals surface area contributed by atoms with Gasteiger partial charge in [-0.3, -0.25) is 9.36 Å². The van der Waals surface area contributed by atoms with E-state index in [2.05, 4.69) is 6.07 Å². The van der Waals surface area contributed by atoms with Crippen molar-refractivity contribution in [3.63, 3.8) is 0 Å². The fourth-order valence-electron chi connectivity index (χ4n) is 4.56. The first-order chi connectivity index (χ1) is 17.6. The summed E-state index contributed by atoms with van der Waals surface area (Å²) in [7, 11) is 1.55. The number of fused-ring (bicyclic) bond motifs is 1. The van der Waals surface area contributed by atoms with Gasteiger partial charge in [-0.15, -0.1) is 11.3 Å². The molecule has 37 heavy (non-hydrogen) atoms. The van der Waals surface area contributed by atoms with Crippen molar-refractivity contribution in [1.29, 1.82) is 5.26 Å². The van der Waals surface area contributed by atoms with Crippen LogP contribution >= 0.6 is 11.3 Å². The molecular weight excluding hydrogens is 498 g/mol. The molecule has 1 aliphatic rings. The van der Waals surface area contributed by atoms with Gasteiger partial charge in [0.05, 0.1) is 25.1 Å². The number of carbonyl (C=O) groups is 1. The lowest BCUT2D eigenvalue weighted by Gasteiger charge is -2.30. The number of nitrogens with zero attached hydrogens (tertiary/aromatic N) is 3. The first kappa shape index (κ1) is 26.6. The van der Waals surface area contributed by atoms with E-state index in [1.54, 1.807) is 20.1 Å². The summed E-state index contributed by atoms with van der Waals surface area (Å²) in [5, 5.41) is 19.7. The summed E-state index contributed by atoms with van der Waals surface area (Å²) in [5.41, 5.74) is -2.23. The van der Waals surface area contributed by atoms with Crippen LogP contribution in [0.4, 0.5) is 0 Å². The quantitative estimate of drug-likeness (QED) is 0.472. The molecule has 0 unspecified atom stereocenters. The summed E-state index contributed by atoms with van der Waals surface area (Å²) in [5.74, 6) is -0.756. The Labute approximate surface area is 217 Å². The van der Waals surface area contributed by atoms with Crippen LogP contribution in [0.15, 0.2) is 33.9 Å². The molecule has 1 saturated heterocycles. The Kier molecular flexibility index (Phi) is 7.54. The number of rotatable bonds is 8. The lowest BCUT2D eigenvalue weighted by atomic mass is 10.0. The Hall–Kier alpha value is -3.46. The second-order valence-corrected chi connectivity index (χ2v) is 10.4. The minimum Gasteiger partial charge on any atom is -0.496 e. The van der Waals surface area contributed by atoms with Gasteiger partial charge in [0.15, 0.2) is 0 Å². The van der Waals surface area contributed by atoms with Gasteiger partial charge in [0.2, 0.25) is 0 Å². The molecule has 0 radical (unpaired) electrons. The molecule has 1 N–H and O–H groups in total. The van der Waals surface area contributed by atoms with Gasteiger partial charge < -0.3 is 19.3 Å². The molecule has 1 fully saturated rings. The zero-order valence-electron chi connectivity index (χ0n) is 21.1. The monoisotopic (exact) mass is 527 g/mol. The first-order valence-corrected chi connectivity index (χ1v) is 12.7. The second-order valence-electron chi connectivity index (χ2n) is 9.42. The number of nitriles is 1. The van der Waals surface area contributed by atoms with Crippen LogP contribution in [0.25, 0.3) is 10.2 Å². The van der Waals surface area contributed by atoms with Crippen molar-refractivity contribution in [3.8, 4) is 11.8 Å². The van der Waals surface area contributed by atoms with Gasteiger partial charge in [-0.05, 0) is 45.2 Å². The number of hydrogen-bond donors (Lipinski definition) is 1. The van der Waals surface area contributed by atoms with Gasteiger partial charge in [-0.1, -0.05) is 18.2 Å². The third-order valence-electron chi connectivity index (χ3n) is 6.76. The molecule has 3 aromatic rings. The Morgan fingerprint density at radius 3 is 2.59 bits per heavy atom. The second kappa shape index (κ2) is 10.5. The van der Waals surface area contributed by atoms with Crippen molar-refractivity contribution in [2.24, 2.45) is 0 Å². The van der Waals surface area contributed by atoms with E-state index in [-0.39, 0.29) is 22.9 Å². The number of benzene rings is 1. The third-order valence-corrected chi connectivity index (χ3v) is 7.98. The molecule has 11 heteroatoms. The Morgan fingerprint density at radius 2 is 1.97 bits per heavy atom. The summed E-state index contributed by atoms with van der Waals surface area (Å²) in [6.07, 6.45) is 0.569. The van der Waals surface area contributed by atoms with E-state index in [0.29, 0.717) is 47.8 Å². The molecule has 0 saturated carbocycles. The highest BCUT2D eigenvalue weighted by Gasteiger charge is 2.36. The molecule has 0 aliphatic carbocycles. The van der Waals surface area contributed by atoms with E-state index in [4.69, 9.17) is 14.2 Å². The molecule has 196 valence electrons. The number of para-hydroxylation sites is 1. The van der Waals surface area contributed by atoms with Crippen LogP contribution in [-0.2, 0) is 26.4 Å². The highest BCUT2D eigenvalue weighted by atomic mass is 32.1. The van der Waals surface area contributed by atoms with Crippen molar-refractivity contribution < 1.29 is 24.1 Å². The fourth-order valence-corrected chi connectivity index (χ4v) is 5.66. The molecule has 4 rings (SSSR count). The molecule has 1 aliphatic heterocycles. The normalized spacial score (nSPS) is 15.4. The third kappa shape index (κ3) is 4.80. The van der Waals surface area contributed by atoms with Gasteiger partial charge in [0.25, 0.3) is 5.56 Å². The SMILES string of the molecule is COc1ccccc1[C@H](Cn1c(=O)n(C(C)(C)C(=O)O)c(=O)c2c(C)c(C#N)sc21)OC1CCOCC1. The molecule has 0 bridgehead atoms. The molecule has 2 aromatic heterocycles. The minimum absolute atomic E-state index is 0.0200. The van der Waals surface area contributed by atoms with Crippen LogP contribution < -0.4 is 16.0 Å². The van der Waals surface area contributed by atoms with E-state index >= 15 is 0 Å². The van der Waals surface area contributed by atoms with Gasteiger partial charge >= 0.3 is 11.7 Å². The van der Waals surface area contributed by atoms with E-state index in [1.165, 1.54) is 18.4 Å². The predicted octanol–water partition coefficient (Wildman–Crippen LogP) is 3.17. The van der Waals surface area contributed by atoms with Crippen LogP contribution in [0.5, 0.6) is 5.75 Å². The highest BCUT2D eigenvalue weighted by Crippen LogP contribution is 2.34. The maximum absolute atomic E-state index is 13.9. The summed E-state index contributed by atoms with van der Waals surface area (Å²) in [6.45, 7) is 5.33. The Bertz CT molecular complexity index is 1490. The standard InChI is InChI=1S/C26H29N3O7S/c1-15-20(13-27)37-23-21(15)22(30)29(26(2,3)24(31)32)25(33)28(23)14-19(36-16-9-11-35-12-10-16)17-7-5-6-8-18(17)34-4/h5-8,16,19H,9-12,14H2,1-4H3,(H,31,32)/t19-/m0/s1. The van der Waals surface area contributed by atoms with Gasteiger partial charge in [0, 0.05) is 18.8 Å². The lowest BCUT2D eigenvalue weighted by Crippen LogP contribution is -2.52. The number of thiophene rings is 1. The zero-order chi connectivity index (χ0) is 26.9. The average molecular weight is 528 g/mol. The van der Waals surface area contributed by atoms with Crippen LogP contribution in [0, 0.1) is 18.3 Å². The number of carboxylic acid groups (broad SMARTS) is 1. The zero-order valence-corrected chi connectivity index (χ0v) is 22.0. The van der Waals surface area contributed by atoms with Crippen LogP contribution in [-0.4, -0.2) is 46.6 Å². The van der Waals surface area contributed by atoms with Crippen LogP contribution in [0.2, 0.25) is 0 Å². The van der Waals surface area contributed by atoms with Gasteiger partial charge in [0.1, 0.15) is 33.2 Å². The van der Waals surface area contributed by atoms with E-state index in [9.17, 15) is 24.8 Å². The Balaban J connectivity index is 1.97. The predicted molar refractivity (Wildman–Crippen MR) is 137 cm³/mol.